The molecule has 2 saturated carbocycles. The van der Waals surface area contributed by atoms with Crippen molar-refractivity contribution in [2.75, 3.05) is 96.5 Å². The van der Waals surface area contributed by atoms with Crippen LogP contribution in [0.1, 0.15) is 72.1 Å². The smallest absolute Gasteiger partial charge is 0.258 e. The van der Waals surface area contributed by atoms with Crippen LogP contribution in [0.2, 0.25) is 0 Å². The van der Waals surface area contributed by atoms with E-state index in [2.05, 4.69) is 79.2 Å². The number of halogens is 1. The number of carbonyl (C=O) groups excluding carboxylic acids is 2. The van der Waals surface area contributed by atoms with Crippen LogP contribution in [-0.4, -0.2) is 116 Å². The normalized spacial score (nSPS) is 18.0. The van der Waals surface area contributed by atoms with E-state index >= 15 is 0 Å². The number of nitrogens with zero attached hydrogens (tertiary/aromatic N) is 5. The zero-order valence-corrected chi connectivity index (χ0v) is 42.3. The molecular formula is C56H68BrN5O6. The third-order valence-electron chi connectivity index (χ3n) is 13.9. The molecule has 4 fully saturated rings. The highest BCUT2D eigenvalue weighted by atomic mass is 79.9. The van der Waals surface area contributed by atoms with Crippen LogP contribution in [0.5, 0.6) is 23.0 Å². The number of methoxy groups -OCH3 is 4. The van der Waals surface area contributed by atoms with Crippen molar-refractivity contribution in [3.63, 3.8) is 0 Å². The summed E-state index contributed by atoms with van der Waals surface area (Å²) in [5.41, 5.74) is 6.40. The Balaban J connectivity index is 0.000000189. The number of carbonyl (C=O) groups is 2. The number of amides is 2. The summed E-state index contributed by atoms with van der Waals surface area (Å²) in [7, 11) is 10.5. The molecule has 2 aliphatic carbocycles. The molecule has 9 rings (SSSR count). The lowest BCUT2D eigenvalue weighted by Crippen LogP contribution is -2.44. The first kappa shape index (κ1) is 48.9. The maximum atomic E-state index is 14.1. The molecule has 0 N–H and O–H groups in total. The fourth-order valence-electron chi connectivity index (χ4n) is 9.68. The molecule has 2 aliphatic heterocycles. The van der Waals surface area contributed by atoms with Gasteiger partial charge in [0.05, 0.1) is 28.4 Å². The molecule has 2 heterocycles. The molecule has 0 bridgehead atoms. The van der Waals surface area contributed by atoms with E-state index in [-0.39, 0.29) is 11.8 Å². The molecule has 11 nitrogen and oxygen atoms in total. The van der Waals surface area contributed by atoms with Gasteiger partial charge in [0.25, 0.3) is 11.8 Å². The van der Waals surface area contributed by atoms with Crippen molar-refractivity contribution >= 4 is 44.8 Å². The van der Waals surface area contributed by atoms with E-state index in [1.807, 2.05) is 66.4 Å². The van der Waals surface area contributed by atoms with E-state index in [0.717, 1.165) is 77.0 Å². The SMILES string of the molecule is COc1ccc(C(=O)N(CC2CCCN2CC2CC2)c2cccc(-c3ccc(N(C)C)cc3)c2)cc1OC.COc1ccc(C(=O)N(CC2CCCN2CC2CC2)c2cccc(Br)c2)cc1OC. The summed E-state index contributed by atoms with van der Waals surface area (Å²) in [6.45, 7) is 5.94. The average Bonchev–Trinajstić information content (AvgIpc) is 4.29. The van der Waals surface area contributed by atoms with Crippen molar-refractivity contribution in [2.45, 2.75) is 63.5 Å². The van der Waals surface area contributed by atoms with Gasteiger partial charge < -0.3 is 33.6 Å². The Morgan fingerprint density at radius 1 is 0.529 bits per heavy atom. The lowest BCUT2D eigenvalue weighted by atomic mass is 10.0. The molecule has 360 valence electrons. The number of ether oxygens (including phenoxy) is 4. The van der Waals surface area contributed by atoms with Crippen LogP contribution in [0.3, 0.4) is 0 Å². The van der Waals surface area contributed by atoms with Gasteiger partial charge in [0.2, 0.25) is 0 Å². The summed E-state index contributed by atoms with van der Waals surface area (Å²) in [6.07, 6.45) is 10.0. The van der Waals surface area contributed by atoms with Crippen LogP contribution < -0.4 is 33.6 Å². The van der Waals surface area contributed by atoms with Crippen molar-refractivity contribution in [1.82, 2.24) is 9.80 Å². The molecule has 5 aromatic carbocycles. The van der Waals surface area contributed by atoms with Gasteiger partial charge in [-0.05, 0) is 166 Å². The van der Waals surface area contributed by atoms with Crippen LogP contribution in [0.4, 0.5) is 17.1 Å². The van der Waals surface area contributed by atoms with Crippen molar-refractivity contribution in [1.29, 1.82) is 0 Å². The van der Waals surface area contributed by atoms with Gasteiger partial charge in [0.15, 0.2) is 23.0 Å². The second-order valence-electron chi connectivity index (χ2n) is 18.9. The Labute approximate surface area is 412 Å². The van der Waals surface area contributed by atoms with E-state index in [9.17, 15) is 9.59 Å². The minimum atomic E-state index is -0.0238. The quantitative estimate of drug-likeness (QED) is 0.0852. The molecule has 2 saturated heterocycles. The Morgan fingerprint density at radius 2 is 1.00 bits per heavy atom. The minimum absolute atomic E-state index is 0.0210. The first-order chi connectivity index (χ1) is 33.0. The van der Waals surface area contributed by atoms with Gasteiger partial charge in [0.1, 0.15) is 0 Å². The van der Waals surface area contributed by atoms with Crippen LogP contribution in [0, 0.1) is 11.8 Å². The van der Waals surface area contributed by atoms with E-state index in [4.69, 9.17) is 18.9 Å². The monoisotopic (exact) mass is 985 g/mol. The van der Waals surface area contributed by atoms with Crippen LogP contribution >= 0.6 is 15.9 Å². The van der Waals surface area contributed by atoms with Crippen molar-refractivity contribution in [3.8, 4) is 34.1 Å². The van der Waals surface area contributed by atoms with Crippen LogP contribution in [0.25, 0.3) is 11.1 Å². The maximum absolute atomic E-state index is 14.1. The fraction of sp³-hybridized carbons (Fsp3) is 0.429. The number of hydrogen-bond acceptors (Lipinski definition) is 9. The first-order valence-electron chi connectivity index (χ1n) is 24.2. The Kier molecular flexibility index (Phi) is 16.3. The number of rotatable bonds is 18. The lowest BCUT2D eigenvalue weighted by molar-refractivity contribution is 0.0970. The van der Waals surface area contributed by atoms with Gasteiger partial charge in [-0.25, -0.2) is 0 Å². The van der Waals surface area contributed by atoms with E-state index < -0.39 is 0 Å². The van der Waals surface area contributed by atoms with Gasteiger partial charge in [-0.3, -0.25) is 19.4 Å². The summed E-state index contributed by atoms with van der Waals surface area (Å²) in [6, 6.07) is 36.4. The van der Waals surface area contributed by atoms with Gasteiger partial charge in [0, 0.05) is 85.0 Å². The lowest BCUT2D eigenvalue weighted by Gasteiger charge is -2.31. The third-order valence-corrected chi connectivity index (χ3v) is 14.4. The Bertz CT molecular complexity index is 2490. The minimum Gasteiger partial charge on any atom is -0.493 e. The molecule has 2 atom stereocenters. The molecule has 2 amide bonds. The molecule has 0 radical (unpaired) electrons. The van der Waals surface area contributed by atoms with Gasteiger partial charge >= 0.3 is 0 Å². The zero-order valence-electron chi connectivity index (χ0n) is 40.7. The molecule has 5 aromatic rings. The summed E-state index contributed by atoms with van der Waals surface area (Å²) in [4.78, 5) is 38.9. The van der Waals surface area contributed by atoms with Crippen molar-refractivity contribution < 1.29 is 28.5 Å². The van der Waals surface area contributed by atoms with E-state index in [1.165, 1.54) is 45.1 Å². The Hall–Kier alpha value is -5.56. The average molecular weight is 987 g/mol. The first-order valence-corrected chi connectivity index (χ1v) is 25.0. The van der Waals surface area contributed by atoms with Crippen LogP contribution in [0.15, 0.2) is 114 Å². The summed E-state index contributed by atoms with van der Waals surface area (Å²) in [5.74, 6) is 4.00. The summed E-state index contributed by atoms with van der Waals surface area (Å²) in [5, 5.41) is 0. The second kappa shape index (κ2) is 22.7. The number of likely N-dealkylation sites (tertiary alicyclic amines) is 2. The predicted molar refractivity (Wildman–Crippen MR) is 277 cm³/mol. The highest BCUT2D eigenvalue weighted by Crippen LogP contribution is 2.37. The van der Waals surface area contributed by atoms with Gasteiger partial charge in [-0.2, -0.15) is 0 Å². The largest absolute Gasteiger partial charge is 0.493 e. The summed E-state index contributed by atoms with van der Waals surface area (Å²) < 4.78 is 22.6. The molecule has 68 heavy (non-hydrogen) atoms. The van der Waals surface area contributed by atoms with Gasteiger partial charge in [-0.1, -0.05) is 46.3 Å². The van der Waals surface area contributed by atoms with Crippen LogP contribution in [-0.2, 0) is 0 Å². The van der Waals surface area contributed by atoms with E-state index in [0.29, 0.717) is 59.3 Å². The van der Waals surface area contributed by atoms with Crippen molar-refractivity contribution in [2.24, 2.45) is 11.8 Å². The zero-order chi connectivity index (χ0) is 47.7. The number of benzene rings is 5. The number of hydrogen-bond donors (Lipinski definition) is 0. The summed E-state index contributed by atoms with van der Waals surface area (Å²) >= 11 is 3.56. The Morgan fingerprint density at radius 3 is 1.44 bits per heavy atom. The molecular weight excluding hydrogens is 919 g/mol. The standard InChI is InChI=1S/C32H39N3O3.C24H29BrN2O3/c1-33(2)27-15-12-24(13-16-27)25-7-5-8-28(19-25)35(22-29-9-6-18-34(29)21-23-10-11-23)32(36)26-14-17-30(37-3)31(20-26)38-4;1-29-22-11-10-18(13-23(22)30-2)24(28)27(20-6-3-5-19(25)14-20)16-21-7-4-12-26(21)15-17-8-9-17/h5,7-8,12-17,19-20,23,29H,6,9-11,18,21-22H2,1-4H3;3,5-6,10-11,13-14,17,21H,4,7-9,12,15-16H2,1-2H3. The third kappa shape index (κ3) is 12.2. The van der Waals surface area contributed by atoms with Gasteiger partial charge in [-0.15, -0.1) is 0 Å². The highest BCUT2D eigenvalue weighted by molar-refractivity contribution is 9.10. The fourth-order valence-corrected chi connectivity index (χ4v) is 10.1. The molecule has 4 aliphatic rings. The predicted octanol–water partition coefficient (Wildman–Crippen LogP) is 10.9. The number of anilines is 3. The molecule has 2 unspecified atom stereocenters. The maximum Gasteiger partial charge on any atom is 0.258 e. The topological polar surface area (TPSA) is 87.3 Å². The molecule has 0 aromatic heterocycles. The molecule has 0 spiro atoms. The highest BCUT2D eigenvalue weighted by Gasteiger charge is 2.35. The van der Waals surface area contributed by atoms with Crippen molar-refractivity contribution in [3.05, 3.63) is 125 Å². The van der Waals surface area contributed by atoms with E-state index in [1.54, 1.807) is 46.6 Å². The second-order valence-corrected chi connectivity index (χ2v) is 19.8. The molecule has 12 heteroatoms.